The maximum absolute atomic E-state index is 14.2. The summed E-state index contributed by atoms with van der Waals surface area (Å²) < 4.78 is 19.5. The zero-order chi connectivity index (χ0) is 17.7. The van der Waals surface area contributed by atoms with Crippen LogP contribution in [0.2, 0.25) is 0 Å². The Morgan fingerprint density at radius 3 is 2.71 bits per heavy atom. The van der Waals surface area contributed by atoms with Crippen molar-refractivity contribution in [3.05, 3.63) is 41.5 Å². The third-order valence-electron chi connectivity index (χ3n) is 4.53. The van der Waals surface area contributed by atoms with Crippen LogP contribution in [0.25, 0.3) is 6.08 Å². The molecule has 1 amide bonds. The van der Waals surface area contributed by atoms with Crippen molar-refractivity contribution in [2.24, 2.45) is 0 Å². The fraction of sp³-hybridized carbons (Fsp3) is 0.474. The minimum atomic E-state index is -0.995. The maximum atomic E-state index is 14.2. The SMILES string of the molecule is C=Cc1ccc2c(c1)[C@]1(C[C@@H]1F)CN(CC(=O)OC(C)(C)C)C2=O. The van der Waals surface area contributed by atoms with Gasteiger partial charge in [-0.3, -0.25) is 9.59 Å². The second-order valence-electron chi connectivity index (χ2n) is 7.58. The van der Waals surface area contributed by atoms with Crippen LogP contribution in [0.15, 0.2) is 24.8 Å². The Morgan fingerprint density at radius 1 is 1.50 bits per heavy atom. The fourth-order valence-corrected chi connectivity index (χ4v) is 3.32. The predicted molar refractivity (Wildman–Crippen MR) is 89.5 cm³/mol. The van der Waals surface area contributed by atoms with Gasteiger partial charge >= 0.3 is 5.97 Å². The number of ether oxygens (including phenoxy) is 1. The largest absolute Gasteiger partial charge is 0.459 e. The smallest absolute Gasteiger partial charge is 0.326 e. The molecule has 1 aliphatic carbocycles. The van der Waals surface area contributed by atoms with E-state index in [1.165, 1.54) is 4.90 Å². The van der Waals surface area contributed by atoms with E-state index in [1.54, 1.807) is 39.0 Å². The Morgan fingerprint density at radius 2 is 2.17 bits per heavy atom. The van der Waals surface area contributed by atoms with Crippen LogP contribution in [0.4, 0.5) is 4.39 Å². The van der Waals surface area contributed by atoms with Gasteiger partial charge in [-0.05, 0) is 44.4 Å². The van der Waals surface area contributed by atoms with Crippen molar-refractivity contribution >= 4 is 18.0 Å². The van der Waals surface area contributed by atoms with E-state index in [0.29, 0.717) is 12.0 Å². The molecule has 5 heteroatoms. The molecule has 3 rings (SSSR count). The van der Waals surface area contributed by atoms with Crippen LogP contribution >= 0.6 is 0 Å². The van der Waals surface area contributed by atoms with Crippen molar-refractivity contribution in [3.8, 4) is 0 Å². The second kappa shape index (κ2) is 5.43. The summed E-state index contributed by atoms with van der Waals surface area (Å²) in [5, 5.41) is 0. The Kier molecular flexibility index (Phi) is 3.78. The molecular formula is C19H22FNO3. The van der Waals surface area contributed by atoms with Crippen molar-refractivity contribution in [1.82, 2.24) is 4.90 Å². The van der Waals surface area contributed by atoms with Crippen LogP contribution in [0.1, 0.15) is 48.7 Å². The molecular weight excluding hydrogens is 309 g/mol. The minimum absolute atomic E-state index is 0.160. The molecule has 0 unspecified atom stereocenters. The second-order valence-corrected chi connectivity index (χ2v) is 7.58. The van der Waals surface area contributed by atoms with E-state index in [0.717, 1.165) is 11.1 Å². The number of amides is 1. The van der Waals surface area contributed by atoms with E-state index in [-0.39, 0.29) is 19.0 Å². The van der Waals surface area contributed by atoms with Gasteiger partial charge in [0.1, 0.15) is 18.3 Å². The topological polar surface area (TPSA) is 46.6 Å². The van der Waals surface area contributed by atoms with Gasteiger partial charge in [0, 0.05) is 17.5 Å². The van der Waals surface area contributed by atoms with Crippen LogP contribution < -0.4 is 0 Å². The normalized spacial score (nSPS) is 25.4. The van der Waals surface area contributed by atoms with Gasteiger partial charge in [-0.15, -0.1) is 0 Å². The highest BCUT2D eigenvalue weighted by molar-refractivity contribution is 5.99. The van der Waals surface area contributed by atoms with Gasteiger partial charge in [-0.2, -0.15) is 0 Å². The molecule has 2 aliphatic rings. The highest BCUT2D eigenvalue weighted by atomic mass is 19.1. The van der Waals surface area contributed by atoms with Gasteiger partial charge in [0.05, 0.1) is 0 Å². The first-order chi connectivity index (χ1) is 11.2. The molecule has 1 aromatic carbocycles. The number of benzene rings is 1. The molecule has 24 heavy (non-hydrogen) atoms. The Bertz CT molecular complexity index is 722. The molecule has 1 saturated carbocycles. The summed E-state index contributed by atoms with van der Waals surface area (Å²) in [6, 6.07) is 5.32. The van der Waals surface area contributed by atoms with Crippen molar-refractivity contribution in [3.63, 3.8) is 0 Å². The summed E-state index contributed by atoms with van der Waals surface area (Å²) in [6.07, 6.45) is 1.06. The van der Waals surface area contributed by atoms with E-state index in [1.807, 2.05) is 6.07 Å². The monoisotopic (exact) mass is 331 g/mol. The summed E-state index contributed by atoms with van der Waals surface area (Å²) in [5.74, 6) is -0.732. The highest BCUT2D eigenvalue weighted by Gasteiger charge is 2.61. The highest BCUT2D eigenvalue weighted by Crippen LogP contribution is 2.54. The van der Waals surface area contributed by atoms with Crippen molar-refractivity contribution in [1.29, 1.82) is 0 Å². The number of fused-ring (bicyclic) bond motifs is 2. The lowest BCUT2D eigenvalue weighted by molar-refractivity contribution is -0.155. The first-order valence-electron chi connectivity index (χ1n) is 8.08. The van der Waals surface area contributed by atoms with E-state index < -0.39 is 23.2 Å². The fourth-order valence-electron chi connectivity index (χ4n) is 3.32. The number of rotatable bonds is 3. The molecule has 0 saturated heterocycles. The number of carbonyl (C=O) groups excluding carboxylic acids is 2. The number of nitrogens with zero attached hydrogens (tertiary/aromatic N) is 1. The third-order valence-corrected chi connectivity index (χ3v) is 4.53. The Labute approximate surface area is 141 Å². The van der Waals surface area contributed by atoms with Crippen LogP contribution in [-0.4, -0.2) is 41.6 Å². The lowest BCUT2D eigenvalue weighted by Gasteiger charge is -2.34. The first-order valence-corrected chi connectivity index (χ1v) is 8.08. The lowest BCUT2D eigenvalue weighted by Crippen LogP contribution is -2.47. The molecule has 1 aliphatic heterocycles. The number of halogens is 1. The maximum Gasteiger partial charge on any atom is 0.326 e. The van der Waals surface area contributed by atoms with Crippen LogP contribution in [-0.2, 0) is 14.9 Å². The third kappa shape index (κ3) is 2.83. The molecule has 128 valence electrons. The number of alkyl halides is 1. The van der Waals surface area contributed by atoms with Crippen molar-refractivity contribution in [2.45, 2.75) is 44.4 Å². The minimum Gasteiger partial charge on any atom is -0.459 e. The lowest BCUT2D eigenvalue weighted by atomic mass is 9.85. The van der Waals surface area contributed by atoms with Gasteiger partial charge < -0.3 is 9.64 Å². The standard InChI is InChI=1S/C19H22FNO3/c1-5-12-6-7-13-14(8-12)19(9-15(19)20)11-21(17(13)23)10-16(22)24-18(2,3)4/h5-8,15H,1,9-11H2,2-4H3/t15-,19-/m0/s1. The average Bonchev–Trinajstić information content (AvgIpc) is 3.12. The molecule has 0 N–H and O–H groups in total. The molecule has 0 bridgehead atoms. The van der Waals surface area contributed by atoms with Crippen LogP contribution in [0.5, 0.6) is 0 Å². The average molecular weight is 331 g/mol. The Balaban J connectivity index is 1.89. The van der Waals surface area contributed by atoms with Gasteiger partial charge in [0.2, 0.25) is 0 Å². The zero-order valence-electron chi connectivity index (χ0n) is 14.3. The van der Waals surface area contributed by atoms with Crippen LogP contribution in [0, 0.1) is 0 Å². The predicted octanol–water partition coefficient (Wildman–Crippen LogP) is 3.11. The molecule has 1 spiro atoms. The summed E-state index contributed by atoms with van der Waals surface area (Å²) in [7, 11) is 0. The summed E-state index contributed by atoms with van der Waals surface area (Å²) >= 11 is 0. The first kappa shape index (κ1) is 16.7. The van der Waals surface area contributed by atoms with Crippen molar-refractivity contribution in [2.75, 3.05) is 13.1 Å². The van der Waals surface area contributed by atoms with Gasteiger partial charge in [-0.25, -0.2) is 4.39 Å². The van der Waals surface area contributed by atoms with E-state index in [4.69, 9.17) is 4.74 Å². The Hall–Kier alpha value is -2.17. The number of carbonyl (C=O) groups is 2. The van der Waals surface area contributed by atoms with E-state index in [9.17, 15) is 14.0 Å². The van der Waals surface area contributed by atoms with Gasteiger partial charge in [0.25, 0.3) is 5.91 Å². The zero-order valence-corrected chi connectivity index (χ0v) is 14.3. The van der Waals surface area contributed by atoms with Crippen LogP contribution in [0.3, 0.4) is 0 Å². The molecule has 2 atom stereocenters. The molecule has 1 heterocycles. The quantitative estimate of drug-likeness (QED) is 0.800. The number of hydrogen-bond donors (Lipinski definition) is 0. The molecule has 0 aromatic heterocycles. The molecule has 0 radical (unpaired) electrons. The van der Waals surface area contributed by atoms with Gasteiger partial charge in [0.15, 0.2) is 0 Å². The molecule has 1 aromatic rings. The summed E-state index contributed by atoms with van der Waals surface area (Å²) in [6.45, 7) is 9.09. The molecule has 4 nitrogen and oxygen atoms in total. The van der Waals surface area contributed by atoms with E-state index in [2.05, 4.69) is 6.58 Å². The van der Waals surface area contributed by atoms with Crippen molar-refractivity contribution < 1.29 is 18.7 Å². The summed E-state index contributed by atoms with van der Waals surface area (Å²) in [5.41, 5.74) is 0.755. The van der Waals surface area contributed by atoms with Gasteiger partial charge in [-0.1, -0.05) is 24.8 Å². The number of hydrogen-bond acceptors (Lipinski definition) is 3. The number of esters is 1. The molecule has 1 fully saturated rings. The summed E-state index contributed by atoms with van der Waals surface area (Å²) in [4.78, 5) is 26.2. The van der Waals surface area contributed by atoms with E-state index >= 15 is 0 Å².